The molecule has 0 radical (unpaired) electrons. The van der Waals surface area contributed by atoms with Crippen molar-refractivity contribution in [3.05, 3.63) is 29.6 Å². The lowest BCUT2D eigenvalue weighted by Gasteiger charge is -2.07. The normalized spacial score (nSPS) is 21.6. The first kappa shape index (κ1) is 11.4. The third kappa shape index (κ3) is 2.36. The molecule has 0 heterocycles. The van der Waals surface area contributed by atoms with Gasteiger partial charge < -0.3 is 9.84 Å². The van der Waals surface area contributed by atoms with Gasteiger partial charge in [-0.25, -0.2) is 4.39 Å². The Morgan fingerprint density at radius 3 is 3.00 bits per heavy atom. The van der Waals surface area contributed by atoms with Gasteiger partial charge in [-0.1, -0.05) is 6.07 Å². The summed E-state index contributed by atoms with van der Waals surface area (Å²) in [6.07, 6.45) is 0.576. The topological polar surface area (TPSA) is 70.3 Å². The fraction of sp³-hybridized carbons (Fsp3) is 0.333. The van der Waals surface area contributed by atoms with E-state index in [0.29, 0.717) is 6.42 Å². The predicted molar refractivity (Wildman–Crippen MR) is 55.8 cm³/mol. The van der Waals surface area contributed by atoms with Crippen LogP contribution in [0.25, 0.3) is 0 Å². The molecule has 2 rings (SSSR count). The van der Waals surface area contributed by atoms with Crippen LogP contribution in [0.1, 0.15) is 12.0 Å². The summed E-state index contributed by atoms with van der Waals surface area (Å²) in [7, 11) is 0. The van der Waals surface area contributed by atoms with Gasteiger partial charge in [0.15, 0.2) is 0 Å². The number of hydrogen-bond acceptors (Lipinski definition) is 3. The number of ether oxygens (including phenoxy) is 1. The fourth-order valence-electron chi connectivity index (χ4n) is 1.66. The molecular weight excluding hydrogens is 225 g/mol. The second-order valence-corrected chi connectivity index (χ2v) is 3.98. The van der Waals surface area contributed by atoms with Crippen molar-refractivity contribution in [2.45, 2.75) is 6.42 Å². The van der Waals surface area contributed by atoms with Crippen molar-refractivity contribution >= 4 is 5.97 Å². The molecule has 1 aliphatic rings. The highest BCUT2D eigenvalue weighted by molar-refractivity contribution is 5.73. The van der Waals surface area contributed by atoms with Crippen LogP contribution in [0.15, 0.2) is 18.2 Å². The Bertz CT molecular complexity index is 495. The minimum atomic E-state index is -0.835. The van der Waals surface area contributed by atoms with E-state index >= 15 is 0 Å². The van der Waals surface area contributed by atoms with Gasteiger partial charge in [-0.15, -0.1) is 0 Å². The van der Waals surface area contributed by atoms with Crippen molar-refractivity contribution in [2.75, 3.05) is 6.61 Å². The van der Waals surface area contributed by atoms with Crippen LogP contribution >= 0.6 is 0 Å². The van der Waals surface area contributed by atoms with Crippen LogP contribution in [0.3, 0.4) is 0 Å². The number of nitriles is 1. The van der Waals surface area contributed by atoms with Crippen LogP contribution in [-0.2, 0) is 4.79 Å². The van der Waals surface area contributed by atoms with Gasteiger partial charge in [0, 0.05) is 5.92 Å². The number of carboxylic acid groups (broad SMARTS) is 1. The Morgan fingerprint density at radius 1 is 1.65 bits per heavy atom. The van der Waals surface area contributed by atoms with E-state index in [1.54, 1.807) is 6.07 Å². The van der Waals surface area contributed by atoms with Crippen LogP contribution in [0.4, 0.5) is 4.39 Å². The van der Waals surface area contributed by atoms with Crippen molar-refractivity contribution in [3.63, 3.8) is 0 Å². The van der Waals surface area contributed by atoms with Crippen LogP contribution in [0.5, 0.6) is 5.75 Å². The molecule has 0 bridgehead atoms. The molecule has 0 aliphatic heterocycles. The molecule has 5 heteroatoms. The number of halogens is 1. The Morgan fingerprint density at radius 2 is 2.41 bits per heavy atom. The molecule has 0 saturated heterocycles. The van der Waals surface area contributed by atoms with Gasteiger partial charge in [-0.3, -0.25) is 4.79 Å². The lowest BCUT2D eigenvalue weighted by Crippen LogP contribution is -2.07. The van der Waals surface area contributed by atoms with Gasteiger partial charge in [-0.05, 0) is 18.6 Å². The maximum Gasteiger partial charge on any atom is 0.306 e. The summed E-state index contributed by atoms with van der Waals surface area (Å²) in [5.74, 6) is -1.70. The van der Waals surface area contributed by atoms with E-state index in [9.17, 15) is 9.18 Å². The molecule has 1 aromatic carbocycles. The smallest absolute Gasteiger partial charge is 0.306 e. The van der Waals surface area contributed by atoms with Crippen molar-refractivity contribution in [3.8, 4) is 11.8 Å². The maximum absolute atomic E-state index is 13.2. The Kier molecular flexibility index (Phi) is 2.96. The second-order valence-electron chi connectivity index (χ2n) is 3.98. The minimum Gasteiger partial charge on any atom is -0.492 e. The van der Waals surface area contributed by atoms with Gasteiger partial charge in [0.25, 0.3) is 0 Å². The molecule has 17 heavy (non-hydrogen) atoms. The van der Waals surface area contributed by atoms with Crippen molar-refractivity contribution in [2.24, 2.45) is 11.8 Å². The largest absolute Gasteiger partial charge is 0.492 e. The Balaban J connectivity index is 1.99. The SMILES string of the molecule is N#Cc1c(F)cccc1OC[C@@H]1C[C@H]1C(=O)O. The van der Waals surface area contributed by atoms with Gasteiger partial charge in [0.1, 0.15) is 23.2 Å². The quantitative estimate of drug-likeness (QED) is 0.863. The van der Waals surface area contributed by atoms with E-state index in [1.807, 2.05) is 0 Å². The van der Waals surface area contributed by atoms with E-state index in [4.69, 9.17) is 15.1 Å². The highest BCUT2D eigenvalue weighted by atomic mass is 19.1. The van der Waals surface area contributed by atoms with E-state index < -0.39 is 11.8 Å². The van der Waals surface area contributed by atoms with Gasteiger partial charge in [0.2, 0.25) is 0 Å². The molecule has 0 unspecified atom stereocenters. The summed E-state index contributed by atoms with van der Waals surface area (Å²) in [6.45, 7) is 0.203. The zero-order chi connectivity index (χ0) is 12.4. The van der Waals surface area contributed by atoms with E-state index in [1.165, 1.54) is 18.2 Å². The first-order chi connectivity index (χ1) is 8.13. The molecule has 1 aliphatic carbocycles. The standard InChI is InChI=1S/C12H10FNO3/c13-10-2-1-3-11(9(10)5-14)17-6-7-4-8(7)12(15)16/h1-3,7-8H,4,6H2,(H,15,16)/t7-,8+/m0/s1. The average molecular weight is 235 g/mol. The molecule has 0 spiro atoms. The number of carbonyl (C=O) groups is 1. The molecule has 1 aromatic rings. The zero-order valence-electron chi connectivity index (χ0n) is 8.89. The lowest BCUT2D eigenvalue weighted by molar-refractivity contribution is -0.138. The number of nitrogens with zero attached hydrogens (tertiary/aromatic N) is 1. The van der Waals surface area contributed by atoms with Crippen molar-refractivity contribution in [1.82, 2.24) is 0 Å². The zero-order valence-corrected chi connectivity index (χ0v) is 8.89. The number of aliphatic carboxylic acids is 1. The summed E-state index contributed by atoms with van der Waals surface area (Å²) >= 11 is 0. The average Bonchev–Trinajstić information content (AvgIpc) is 3.06. The number of carboxylic acids is 1. The maximum atomic E-state index is 13.2. The van der Waals surface area contributed by atoms with E-state index in [2.05, 4.69) is 0 Å². The number of rotatable bonds is 4. The molecule has 1 fully saturated rings. The molecular formula is C12H10FNO3. The van der Waals surface area contributed by atoms with Gasteiger partial charge >= 0.3 is 5.97 Å². The molecule has 1 saturated carbocycles. The first-order valence-corrected chi connectivity index (χ1v) is 5.17. The fourth-order valence-corrected chi connectivity index (χ4v) is 1.66. The monoisotopic (exact) mass is 235 g/mol. The highest BCUT2D eigenvalue weighted by Gasteiger charge is 2.43. The highest BCUT2D eigenvalue weighted by Crippen LogP contribution is 2.39. The Hall–Kier alpha value is -2.09. The first-order valence-electron chi connectivity index (χ1n) is 5.17. The van der Waals surface area contributed by atoms with Gasteiger partial charge in [-0.2, -0.15) is 5.26 Å². The minimum absolute atomic E-state index is 0.0395. The molecule has 0 aromatic heterocycles. The molecule has 88 valence electrons. The van der Waals surface area contributed by atoms with Crippen molar-refractivity contribution in [1.29, 1.82) is 5.26 Å². The van der Waals surface area contributed by atoms with Gasteiger partial charge in [0.05, 0.1) is 12.5 Å². The number of hydrogen-bond donors (Lipinski definition) is 1. The molecule has 0 amide bonds. The van der Waals surface area contributed by atoms with Crippen LogP contribution < -0.4 is 4.74 Å². The molecule has 2 atom stereocenters. The number of benzene rings is 1. The van der Waals surface area contributed by atoms with E-state index in [-0.39, 0.29) is 29.8 Å². The third-order valence-corrected chi connectivity index (χ3v) is 2.78. The summed E-state index contributed by atoms with van der Waals surface area (Å²) in [5.41, 5.74) is -0.139. The predicted octanol–water partition coefficient (Wildman–Crippen LogP) is 1.80. The molecule has 1 N–H and O–H groups in total. The second kappa shape index (κ2) is 4.42. The lowest BCUT2D eigenvalue weighted by atomic mass is 10.2. The summed E-state index contributed by atoms with van der Waals surface area (Å²) in [5, 5.41) is 17.5. The van der Waals surface area contributed by atoms with E-state index in [0.717, 1.165) is 0 Å². The van der Waals surface area contributed by atoms with Crippen LogP contribution in [0.2, 0.25) is 0 Å². The van der Waals surface area contributed by atoms with Crippen LogP contribution in [0, 0.1) is 29.0 Å². The summed E-state index contributed by atoms with van der Waals surface area (Å²) in [4.78, 5) is 10.6. The third-order valence-electron chi connectivity index (χ3n) is 2.78. The summed E-state index contributed by atoms with van der Waals surface area (Å²) in [6, 6.07) is 5.86. The van der Waals surface area contributed by atoms with Crippen molar-refractivity contribution < 1.29 is 19.0 Å². The van der Waals surface area contributed by atoms with Crippen LogP contribution in [-0.4, -0.2) is 17.7 Å². The Labute approximate surface area is 97.2 Å². The summed E-state index contributed by atoms with van der Waals surface area (Å²) < 4.78 is 18.5. The molecule has 4 nitrogen and oxygen atoms in total.